The topological polar surface area (TPSA) is 24.9 Å². The quantitative estimate of drug-likeness (QED) is 0.147. The van der Waals surface area contributed by atoms with Crippen LogP contribution in [-0.2, 0) is 0 Å². The molecule has 0 saturated heterocycles. The van der Waals surface area contributed by atoms with Crippen molar-refractivity contribution in [1.29, 1.82) is 0 Å². The van der Waals surface area contributed by atoms with E-state index in [0.29, 0.717) is 0 Å². The normalized spacial score (nSPS) is 11.3. The number of hydrogen-bond acceptors (Lipinski definition) is 4. The molecule has 0 unspecified atom stereocenters. The highest BCUT2D eigenvalue weighted by atomic mass is 16.5. The summed E-state index contributed by atoms with van der Waals surface area (Å²) in [4.78, 5) is 4.69. The van der Waals surface area contributed by atoms with Gasteiger partial charge in [-0.3, -0.25) is 0 Å². The largest absolute Gasteiger partial charge is 0.496 e. The van der Waals surface area contributed by atoms with Gasteiger partial charge in [0.15, 0.2) is 0 Å². The smallest absolute Gasteiger partial charge is 0.127 e. The second kappa shape index (κ2) is 14.8. The minimum atomic E-state index is 0.783. The van der Waals surface area contributed by atoms with Crippen LogP contribution in [0.1, 0.15) is 0 Å². The Labute approximate surface area is 338 Å². The molecule has 0 heterocycles. The number of benzene rings is 10. The molecule has 0 bridgehead atoms. The molecule has 0 aliphatic heterocycles. The Kier molecular flexibility index (Phi) is 8.92. The second-order valence-electron chi connectivity index (χ2n) is 14.4. The summed E-state index contributed by atoms with van der Waals surface area (Å²) in [5.41, 5.74) is 8.54. The summed E-state index contributed by atoms with van der Waals surface area (Å²) >= 11 is 0. The van der Waals surface area contributed by atoms with Crippen molar-refractivity contribution < 1.29 is 9.47 Å². The van der Waals surface area contributed by atoms with E-state index in [-0.39, 0.29) is 0 Å². The van der Waals surface area contributed by atoms with Crippen molar-refractivity contribution in [2.45, 2.75) is 0 Å². The standard InChI is InChI=1S/C54H40N2O2/c1-57-51-33-27-39-35-43(55(41-19-5-3-6-20-41)49-25-13-17-37-15-9-11-23-45(37)49)29-31-47(39)53(51)54-48-32-30-44(36-40(48)28-34-52(54)58-2)56(42-21-7-4-8-22-42)50-26-14-18-38-16-10-12-24-46(38)50/h3-36H,1-2H3. The lowest BCUT2D eigenvalue weighted by Crippen LogP contribution is -2.10. The molecule has 0 fully saturated rings. The fourth-order valence-electron chi connectivity index (χ4n) is 8.54. The highest BCUT2D eigenvalue weighted by Gasteiger charge is 2.22. The van der Waals surface area contributed by atoms with Gasteiger partial charge in [0.1, 0.15) is 11.5 Å². The highest BCUT2D eigenvalue weighted by molar-refractivity contribution is 6.12. The molecule has 0 amide bonds. The molecule has 4 heteroatoms. The molecule has 58 heavy (non-hydrogen) atoms. The van der Waals surface area contributed by atoms with E-state index in [1.54, 1.807) is 14.2 Å². The molecule has 10 aromatic rings. The van der Waals surface area contributed by atoms with E-state index in [1.807, 2.05) is 0 Å². The Morgan fingerprint density at radius 2 is 0.690 bits per heavy atom. The first-order valence-corrected chi connectivity index (χ1v) is 19.6. The minimum absolute atomic E-state index is 0.783. The summed E-state index contributed by atoms with van der Waals surface area (Å²) in [6, 6.07) is 73.3. The van der Waals surface area contributed by atoms with Gasteiger partial charge >= 0.3 is 0 Å². The fourth-order valence-corrected chi connectivity index (χ4v) is 8.54. The molecule has 0 atom stereocenters. The van der Waals surface area contributed by atoms with Gasteiger partial charge < -0.3 is 19.3 Å². The first-order chi connectivity index (χ1) is 28.7. The SMILES string of the molecule is COc1ccc2cc(N(c3ccccc3)c3cccc4ccccc34)ccc2c1-c1c(OC)ccc2cc(N(c3ccccc3)c3cccc4ccccc34)ccc12. The number of methoxy groups -OCH3 is 2. The predicted molar refractivity (Wildman–Crippen MR) is 244 cm³/mol. The predicted octanol–water partition coefficient (Wildman–Crippen LogP) is 14.9. The molecular weight excluding hydrogens is 709 g/mol. The van der Waals surface area contributed by atoms with Crippen LogP contribution in [0.5, 0.6) is 11.5 Å². The Hall–Kier alpha value is -7.56. The van der Waals surface area contributed by atoms with Crippen LogP contribution in [0.3, 0.4) is 0 Å². The summed E-state index contributed by atoms with van der Waals surface area (Å²) in [7, 11) is 3.49. The van der Waals surface area contributed by atoms with E-state index >= 15 is 0 Å². The van der Waals surface area contributed by atoms with Gasteiger partial charge in [-0.2, -0.15) is 0 Å². The maximum atomic E-state index is 6.17. The van der Waals surface area contributed by atoms with Crippen LogP contribution >= 0.6 is 0 Å². The minimum Gasteiger partial charge on any atom is -0.496 e. The Bertz CT molecular complexity index is 2880. The van der Waals surface area contributed by atoms with Gasteiger partial charge in [0.25, 0.3) is 0 Å². The zero-order chi connectivity index (χ0) is 39.0. The lowest BCUT2D eigenvalue weighted by Gasteiger charge is -2.28. The molecule has 10 rings (SSSR count). The maximum Gasteiger partial charge on any atom is 0.127 e. The first kappa shape index (κ1) is 34.9. The summed E-state index contributed by atoms with van der Waals surface area (Å²) in [5.74, 6) is 1.57. The van der Waals surface area contributed by atoms with E-state index in [0.717, 1.165) is 78.3 Å². The van der Waals surface area contributed by atoms with Crippen molar-refractivity contribution >= 4 is 77.2 Å². The number of rotatable bonds is 9. The number of hydrogen-bond donors (Lipinski definition) is 0. The Balaban J connectivity index is 1.16. The van der Waals surface area contributed by atoms with Gasteiger partial charge in [0.2, 0.25) is 0 Å². The third-order valence-electron chi connectivity index (χ3n) is 11.2. The van der Waals surface area contributed by atoms with E-state index in [2.05, 4.69) is 216 Å². The number of ether oxygens (including phenoxy) is 2. The summed E-state index contributed by atoms with van der Waals surface area (Å²) in [5, 5.41) is 9.11. The van der Waals surface area contributed by atoms with Gasteiger partial charge in [-0.15, -0.1) is 0 Å². The number of anilines is 6. The van der Waals surface area contributed by atoms with Gasteiger partial charge in [-0.1, -0.05) is 133 Å². The Morgan fingerprint density at radius 3 is 1.12 bits per heavy atom. The number of para-hydroxylation sites is 2. The van der Waals surface area contributed by atoms with Crippen molar-refractivity contribution in [3.63, 3.8) is 0 Å². The highest BCUT2D eigenvalue weighted by Crippen LogP contribution is 2.48. The zero-order valence-electron chi connectivity index (χ0n) is 32.3. The summed E-state index contributed by atoms with van der Waals surface area (Å²) in [6.45, 7) is 0. The molecule has 0 radical (unpaired) electrons. The van der Waals surface area contributed by atoms with Crippen LogP contribution in [0.25, 0.3) is 54.2 Å². The van der Waals surface area contributed by atoms with Crippen LogP contribution in [0.15, 0.2) is 206 Å². The third-order valence-corrected chi connectivity index (χ3v) is 11.2. The fraction of sp³-hybridized carbons (Fsp3) is 0.0370. The van der Waals surface area contributed by atoms with Crippen LogP contribution in [0.2, 0.25) is 0 Å². The van der Waals surface area contributed by atoms with Gasteiger partial charge in [-0.05, 0) is 105 Å². The monoisotopic (exact) mass is 748 g/mol. The molecule has 0 aliphatic carbocycles. The van der Waals surface area contributed by atoms with Gasteiger partial charge in [-0.25, -0.2) is 0 Å². The van der Waals surface area contributed by atoms with Crippen LogP contribution < -0.4 is 19.3 Å². The summed E-state index contributed by atoms with van der Waals surface area (Å²) in [6.07, 6.45) is 0. The van der Waals surface area contributed by atoms with Crippen LogP contribution in [-0.4, -0.2) is 14.2 Å². The van der Waals surface area contributed by atoms with Gasteiger partial charge in [0, 0.05) is 44.6 Å². The average molecular weight is 749 g/mol. The van der Waals surface area contributed by atoms with E-state index in [4.69, 9.17) is 9.47 Å². The summed E-state index contributed by atoms with van der Waals surface area (Å²) < 4.78 is 12.3. The molecule has 4 nitrogen and oxygen atoms in total. The van der Waals surface area contributed by atoms with E-state index in [1.165, 1.54) is 21.5 Å². The van der Waals surface area contributed by atoms with Crippen molar-refractivity contribution in [2.24, 2.45) is 0 Å². The van der Waals surface area contributed by atoms with Crippen molar-refractivity contribution in [3.8, 4) is 22.6 Å². The molecular formula is C54H40N2O2. The molecule has 278 valence electrons. The second-order valence-corrected chi connectivity index (χ2v) is 14.4. The van der Waals surface area contributed by atoms with E-state index in [9.17, 15) is 0 Å². The lowest BCUT2D eigenvalue weighted by atomic mass is 9.91. The lowest BCUT2D eigenvalue weighted by molar-refractivity contribution is 0.411. The third kappa shape index (κ3) is 6.03. The average Bonchev–Trinajstić information content (AvgIpc) is 3.29. The van der Waals surface area contributed by atoms with Crippen LogP contribution in [0.4, 0.5) is 34.1 Å². The molecule has 0 N–H and O–H groups in total. The van der Waals surface area contributed by atoms with Crippen molar-refractivity contribution in [1.82, 2.24) is 0 Å². The number of fused-ring (bicyclic) bond motifs is 4. The molecule has 10 aromatic carbocycles. The van der Waals surface area contributed by atoms with Crippen molar-refractivity contribution in [3.05, 3.63) is 206 Å². The molecule has 0 aliphatic rings. The van der Waals surface area contributed by atoms with E-state index < -0.39 is 0 Å². The molecule has 0 spiro atoms. The molecule has 0 aromatic heterocycles. The Morgan fingerprint density at radius 1 is 0.293 bits per heavy atom. The first-order valence-electron chi connectivity index (χ1n) is 19.6. The number of nitrogens with zero attached hydrogens (tertiary/aromatic N) is 2. The van der Waals surface area contributed by atoms with Crippen LogP contribution in [0, 0.1) is 0 Å². The molecule has 0 saturated carbocycles. The van der Waals surface area contributed by atoms with Gasteiger partial charge in [0.05, 0.1) is 25.6 Å². The van der Waals surface area contributed by atoms with Crippen molar-refractivity contribution in [2.75, 3.05) is 24.0 Å². The maximum absolute atomic E-state index is 6.17. The zero-order valence-corrected chi connectivity index (χ0v) is 32.3.